The summed E-state index contributed by atoms with van der Waals surface area (Å²) in [5.74, 6) is 5.50. The van der Waals surface area contributed by atoms with Crippen molar-refractivity contribution in [2.75, 3.05) is 19.8 Å². The SMILES string of the molecule is O=C(NCCc1n[nH]c(=O)s1)c1ccc(OCC#CCO)cc1. The minimum absolute atomic E-state index is 0.179. The van der Waals surface area contributed by atoms with Gasteiger partial charge in [-0.2, -0.15) is 5.10 Å². The van der Waals surface area contributed by atoms with E-state index < -0.39 is 0 Å². The monoisotopic (exact) mass is 333 g/mol. The molecular weight excluding hydrogens is 318 g/mol. The molecule has 120 valence electrons. The van der Waals surface area contributed by atoms with Crippen LogP contribution in [0.2, 0.25) is 0 Å². The lowest BCUT2D eigenvalue weighted by atomic mass is 10.2. The number of aromatic amines is 1. The van der Waals surface area contributed by atoms with Crippen molar-refractivity contribution in [3.8, 4) is 17.6 Å². The fourth-order valence-electron chi connectivity index (χ4n) is 1.68. The Bertz CT molecular complexity index is 755. The van der Waals surface area contributed by atoms with Crippen molar-refractivity contribution in [1.29, 1.82) is 0 Å². The van der Waals surface area contributed by atoms with E-state index in [-0.39, 0.29) is 24.0 Å². The van der Waals surface area contributed by atoms with E-state index in [4.69, 9.17) is 9.84 Å². The second kappa shape index (κ2) is 8.73. The molecule has 1 aromatic carbocycles. The molecule has 0 fully saturated rings. The van der Waals surface area contributed by atoms with Gasteiger partial charge in [-0.1, -0.05) is 23.2 Å². The first-order valence-electron chi connectivity index (χ1n) is 6.81. The number of aliphatic hydroxyl groups excluding tert-OH is 1. The molecule has 0 aliphatic rings. The quantitative estimate of drug-likeness (QED) is 0.654. The summed E-state index contributed by atoms with van der Waals surface area (Å²) in [6, 6.07) is 6.65. The predicted molar refractivity (Wildman–Crippen MR) is 85.6 cm³/mol. The first-order valence-corrected chi connectivity index (χ1v) is 7.62. The van der Waals surface area contributed by atoms with E-state index in [0.29, 0.717) is 29.3 Å². The van der Waals surface area contributed by atoms with Crippen LogP contribution in [-0.4, -0.2) is 41.0 Å². The zero-order chi connectivity index (χ0) is 16.5. The topological polar surface area (TPSA) is 104 Å². The van der Waals surface area contributed by atoms with Gasteiger partial charge < -0.3 is 15.2 Å². The molecule has 8 heteroatoms. The summed E-state index contributed by atoms with van der Waals surface area (Å²) in [5, 5.41) is 18.1. The largest absolute Gasteiger partial charge is 0.481 e. The maximum Gasteiger partial charge on any atom is 0.322 e. The first-order chi connectivity index (χ1) is 11.2. The molecule has 0 radical (unpaired) electrons. The van der Waals surface area contributed by atoms with Crippen LogP contribution in [0, 0.1) is 11.8 Å². The Morgan fingerprint density at radius 1 is 1.35 bits per heavy atom. The van der Waals surface area contributed by atoms with Gasteiger partial charge in [0.2, 0.25) is 0 Å². The van der Waals surface area contributed by atoms with E-state index >= 15 is 0 Å². The normalized spacial score (nSPS) is 9.78. The number of carbonyl (C=O) groups is 1. The van der Waals surface area contributed by atoms with Crippen LogP contribution in [0.5, 0.6) is 5.75 Å². The van der Waals surface area contributed by atoms with Gasteiger partial charge in [0.1, 0.15) is 24.0 Å². The van der Waals surface area contributed by atoms with Crippen molar-refractivity contribution in [2.45, 2.75) is 6.42 Å². The van der Waals surface area contributed by atoms with Gasteiger partial charge in [0.15, 0.2) is 0 Å². The summed E-state index contributed by atoms with van der Waals surface area (Å²) in [5.41, 5.74) is 0.508. The van der Waals surface area contributed by atoms with E-state index in [1.54, 1.807) is 24.3 Å². The highest BCUT2D eigenvalue weighted by Gasteiger charge is 2.06. The minimum atomic E-state index is -0.209. The molecule has 1 amide bonds. The summed E-state index contributed by atoms with van der Waals surface area (Å²) < 4.78 is 5.33. The average molecular weight is 333 g/mol. The minimum Gasteiger partial charge on any atom is -0.481 e. The number of aliphatic hydroxyl groups is 1. The molecule has 1 aromatic heterocycles. The molecule has 0 unspecified atom stereocenters. The van der Waals surface area contributed by atoms with Gasteiger partial charge >= 0.3 is 4.87 Å². The number of ether oxygens (including phenoxy) is 1. The molecular formula is C15H15N3O4S. The van der Waals surface area contributed by atoms with E-state index in [0.717, 1.165) is 11.3 Å². The summed E-state index contributed by atoms with van der Waals surface area (Å²) in [7, 11) is 0. The Hall–Kier alpha value is -2.63. The van der Waals surface area contributed by atoms with E-state index in [2.05, 4.69) is 27.4 Å². The van der Waals surface area contributed by atoms with Gasteiger partial charge in [0.25, 0.3) is 5.91 Å². The predicted octanol–water partition coefficient (Wildman–Crippen LogP) is 0.178. The molecule has 0 saturated heterocycles. The number of hydrogen-bond acceptors (Lipinski definition) is 6. The molecule has 0 saturated carbocycles. The number of rotatable bonds is 6. The Balaban J connectivity index is 1.79. The Morgan fingerprint density at radius 2 is 2.13 bits per heavy atom. The van der Waals surface area contributed by atoms with Gasteiger partial charge in [-0.15, -0.1) is 0 Å². The van der Waals surface area contributed by atoms with Crippen molar-refractivity contribution >= 4 is 17.2 Å². The van der Waals surface area contributed by atoms with Gasteiger partial charge in [0, 0.05) is 18.5 Å². The molecule has 7 nitrogen and oxygen atoms in total. The maximum absolute atomic E-state index is 12.0. The number of H-pyrrole nitrogens is 1. The van der Waals surface area contributed by atoms with Crippen LogP contribution in [0.15, 0.2) is 29.1 Å². The van der Waals surface area contributed by atoms with Crippen molar-refractivity contribution in [3.63, 3.8) is 0 Å². The zero-order valence-electron chi connectivity index (χ0n) is 12.2. The molecule has 0 atom stereocenters. The van der Waals surface area contributed by atoms with Crippen LogP contribution in [0.25, 0.3) is 0 Å². The summed E-state index contributed by atoms with van der Waals surface area (Å²) in [6.07, 6.45) is 0.500. The third-order valence-corrected chi connectivity index (χ3v) is 3.55. The third kappa shape index (κ3) is 5.58. The fraction of sp³-hybridized carbons (Fsp3) is 0.267. The molecule has 0 spiro atoms. The third-order valence-electron chi connectivity index (χ3n) is 2.74. The maximum atomic E-state index is 12.0. The number of hydrogen-bond donors (Lipinski definition) is 3. The van der Waals surface area contributed by atoms with E-state index in [1.807, 2.05) is 0 Å². The van der Waals surface area contributed by atoms with Gasteiger partial charge in [-0.05, 0) is 24.3 Å². The Kier molecular flexibility index (Phi) is 6.35. The Labute approximate surface area is 136 Å². The lowest BCUT2D eigenvalue weighted by Gasteiger charge is -2.05. The molecule has 0 aliphatic heterocycles. The number of benzene rings is 1. The van der Waals surface area contributed by atoms with Crippen LogP contribution in [0.3, 0.4) is 0 Å². The van der Waals surface area contributed by atoms with Gasteiger partial charge in [0.05, 0.1) is 0 Å². The fourth-order valence-corrected chi connectivity index (χ4v) is 2.28. The van der Waals surface area contributed by atoms with Crippen LogP contribution >= 0.6 is 11.3 Å². The number of amides is 1. The average Bonchev–Trinajstić information content (AvgIpc) is 2.97. The molecule has 2 aromatic rings. The highest BCUT2D eigenvalue weighted by Crippen LogP contribution is 2.12. The van der Waals surface area contributed by atoms with Crippen molar-refractivity contribution in [3.05, 3.63) is 44.5 Å². The smallest absolute Gasteiger partial charge is 0.322 e. The standard InChI is InChI=1S/C15H15N3O4S/c19-9-1-2-10-22-12-5-3-11(4-6-12)14(20)16-8-7-13-17-18-15(21)23-13/h3-6,19H,7-10H2,(H,16,20)(H,18,21). The van der Waals surface area contributed by atoms with Crippen LogP contribution < -0.4 is 14.9 Å². The van der Waals surface area contributed by atoms with E-state index in [9.17, 15) is 9.59 Å². The second-order valence-electron chi connectivity index (χ2n) is 4.34. The number of nitrogens with one attached hydrogen (secondary N) is 2. The highest BCUT2D eigenvalue weighted by molar-refractivity contribution is 7.08. The summed E-state index contributed by atoms with van der Waals surface area (Å²) in [4.78, 5) is 22.7. The second-order valence-corrected chi connectivity index (χ2v) is 5.38. The molecule has 23 heavy (non-hydrogen) atoms. The molecule has 3 N–H and O–H groups in total. The van der Waals surface area contributed by atoms with E-state index in [1.165, 1.54) is 0 Å². The lowest BCUT2D eigenvalue weighted by molar-refractivity contribution is 0.0954. The summed E-state index contributed by atoms with van der Waals surface area (Å²) in [6.45, 7) is 0.380. The molecule has 2 rings (SSSR count). The van der Waals surface area contributed by atoms with Crippen molar-refractivity contribution in [1.82, 2.24) is 15.5 Å². The molecule has 0 aliphatic carbocycles. The van der Waals surface area contributed by atoms with Crippen molar-refractivity contribution in [2.24, 2.45) is 0 Å². The lowest BCUT2D eigenvalue weighted by Crippen LogP contribution is -2.25. The number of aromatic nitrogens is 2. The zero-order valence-corrected chi connectivity index (χ0v) is 13.0. The van der Waals surface area contributed by atoms with Gasteiger partial charge in [-0.3, -0.25) is 9.59 Å². The summed E-state index contributed by atoms with van der Waals surface area (Å²) >= 11 is 1.03. The van der Waals surface area contributed by atoms with Crippen LogP contribution in [-0.2, 0) is 6.42 Å². The van der Waals surface area contributed by atoms with Crippen LogP contribution in [0.1, 0.15) is 15.4 Å². The van der Waals surface area contributed by atoms with Crippen molar-refractivity contribution < 1.29 is 14.6 Å². The molecule has 0 bridgehead atoms. The highest BCUT2D eigenvalue weighted by atomic mass is 32.1. The first kappa shape index (κ1) is 16.7. The van der Waals surface area contributed by atoms with Crippen LogP contribution in [0.4, 0.5) is 0 Å². The van der Waals surface area contributed by atoms with Gasteiger partial charge in [-0.25, -0.2) is 5.10 Å². The number of carbonyl (C=O) groups excluding carboxylic acids is 1. The Morgan fingerprint density at radius 3 is 2.78 bits per heavy atom. The molecule has 1 heterocycles. The number of nitrogens with zero attached hydrogens (tertiary/aromatic N) is 1.